The van der Waals surface area contributed by atoms with Crippen LogP contribution < -0.4 is 0 Å². The largest absolute Gasteiger partial charge is 0.295 e. The lowest BCUT2D eigenvalue weighted by Crippen LogP contribution is -2.32. The van der Waals surface area contributed by atoms with E-state index in [2.05, 4.69) is 30.9 Å². The van der Waals surface area contributed by atoms with Crippen molar-refractivity contribution < 1.29 is 4.79 Å². The minimum absolute atomic E-state index is 0. The first-order valence-corrected chi connectivity index (χ1v) is 7.50. The Morgan fingerprint density at radius 3 is 1.82 bits per heavy atom. The van der Waals surface area contributed by atoms with Gasteiger partial charge in [-0.15, -0.1) is 12.4 Å². The molecule has 0 fully saturated rings. The van der Waals surface area contributed by atoms with Crippen molar-refractivity contribution in [3.8, 4) is 0 Å². The first kappa shape index (κ1) is 16.5. The maximum absolute atomic E-state index is 12.8. The summed E-state index contributed by atoms with van der Waals surface area (Å²) in [6, 6.07) is 16.2. The Labute approximate surface area is 136 Å². The van der Waals surface area contributed by atoms with E-state index < -0.39 is 0 Å². The Morgan fingerprint density at radius 1 is 0.909 bits per heavy atom. The van der Waals surface area contributed by atoms with E-state index in [-0.39, 0.29) is 18.3 Å². The third-order valence-corrected chi connectivity index (χ3v) is 4.08. The molecule has 0 spiro atoms. The van der Waals surface area contributed by atoms with Gasteiger partial charge in [0.1, 0.15) is 0 Å². The van der Waals surface area contributed by atoms with Gasteiger partial charge in [0.2, 0.25) is 5.91 Å². The molecule has 0 amide bonds. The second-order valence-electron chi connectivity index (χ2n) is 5.22. The van der Waals surface area contributed by atoms with Gasteiger partial charge in [-0.3, -0.25) is 14.3 Å². The van der Waals surface area contributed by atoms with E-state index in [4.69, 9.17) is 0 Å². The van der Waals surface area contributed by atoms with Crippen molar-refractivity contribution in [2.75, 3.05) is 19.6 Å². The fourth-order valence-corrected chi connectivity index (χ4v) is 2.90. The van der Waals surface area contributed by atoms with Crippen LogP contribution in [0, 0.1) is 0 Å². The van der Waals surface area contributed by atoms with Crippen molar-refractivity contribution in [2.45, 2.75) is 13.8 Å². The highest BCUT2D eigenvalue weighted by molar-refractivity contribution is 6.13. The highest BCUT2D eigenvalue weighted by Gasteiger charge is 2.16. The van der Waals surface area contributed by atoms with Crippen molar-refractivity contribution >= 4 is 40.1 Å². The summed E-state index contributed by atoms with van der Waals surface area (Å²) in [7, 11) is 0. The molecule has 0 radical (unpaired) electrons. The molecule has 1 aromatic heterocycles. The number of rotatable bonds is 4. The molecule has 0 aliphatic heterocycles. The van der Waals surface area contributed by atoms with Crippen LogP contribution in [0.2, 0.25) is 0 Å². The number of carbonyl (C=O) groups excluding carboxylic acids is 1. The highest BCUT2D eigenvalue weighted by Crippen LogP contribution is 2.28. The van der Waals surface area contributed by atoms with Crippen molar-refractivity contribution in [1.29, 1.82) is 0 Å². The third kappa shape index (κ3) is 2.74. The quantitative estimate of drug-likeness (QED) is 0.721. The van der Waals surface area contributed by atoms with Crippen molar-refractivity contribution in [3.63, 3.8) is 0 Å². The number of hydrogen-bond acceptors (Lipinski definition) is 2. The minimum Gasteiger partial charge on any atom is -0.295 e. The summed E-state index contributed by atoms with van der Waals surface area (Å²) in [5.74, 6) is 0.135. The molecule has 0 atom stereocenters. The van der Waals surface area contributed by atoms with Crippen LogP contribution in [0.1, 0.15) is 18.6 Å². The number of hydrogen-bond donors (Lipinski definition) is 0. The van der Waals surface area contributed by atoms with E-state index in [0.717, 1.165) is 34.9 Å². The number of fused-ring (bicyclic) bond motifs is 3. The van der Waals surface area contributed by atoms with Gasteiger partial charge >= 0.3 is 0 Å². The molecule has 3 rings (SSSR count). The predicted octanol–water partition coefficient (Wildman–Crippen LogP) is 4.20. The SMILES string of the molecule is CCN(CC)CC(=O)n1c2ccccc2c2ccccc21.Cl. The summed E-state index contributed by atoms with van der Waals surface area (Å²) >= 11 is 0. The zero-order valence-electron chi connectivity index (χ0n) is 13.0. The molecule has 4 heteroatoms. The first-order chi connectivity index (χ1) is 10.3. The van der Waals surface area contributed by atoms with Crippen LogP contribution in [0.15, 0.2) is 48.5 Å². The van der Waals surface area contributed by atoms with Crippen LogP contribution in [0.3, 0.4) is 0 Å². The fraction of sp³-hybridized carbons (Fsp3) is 0.278. The molecule has 0 saturated carbocycles. The maximum atomic E-state index is 12.8. The maximum Gasteiger partial charge on any atom is 0.245 e. The number of nitrogens with zero attached hydrogens (tertiary/aromatic N) is 2. The summed E-state index contributed by atoms with van der Waals surface area (Å²) in [6.07, 6.45) is 0. The standard InChI is InChI=1S/C18H20N2O.ClH/c1-3-19(4-2)13-18(21)20-16-11-7-5-9-14(16)15-10-6-8-12-17(15)20;/h5-12H,3-4,13H2,1-2H3;1H. The average molecular weight is 317 g/mol. The van der Waals surface area contributed by atoms with Gasteiger partial charge in [0, 0.05) is 10.8 Å². The molecule has 0 saturated heterocycles. The average Bonchev–Trinajstić information content (AvgIpc) is 2.87. The molecule has 0 bridgehead atoms. The van der Waals surface area contributed by atoms with Gasteiger partial charge in [-0.2, -0.15) is 0 Å². The lowest BCUT2D eigenvalue weighted by molar-refractivity contribution is 0.0865. The van der Waals surface area contributed by atoms with E-state index in [1.54, 1.807) is 0 Å². The second-order valence-corrected chi connectivity index (χ2v) is 5.22. The molecule has 116 valence electrons. The molecule has 0 aliphatic rings. The molecule has 0 unspecified atom stereocenters. The Morgan fingerprint density at radius 2 is 1.36 bits per heavy atom. The van der Waals surface area contributed by atoms with Crippen LogP contribution in [0.25, 0.3) is 21.8 Å². The number of likely N-dealkylation sites (N-methyl/N-ethyl adjacent to an activating group) is 1. The van der Waals surface area contributed by atoms with Crippen LogP contribution in [-0.4, -0.2) is 35.0 Å². The third-order valence-electron chi connectivity index (χ3n) is 4.08. The van der Waals surface area contributed by atoms with Gasteiger partial charge in [0.25, 0.3) is 0 Å². The van der Waals surface area contributed by atoms with Gasteiger partial charge in [0.15, 0.2) is 0 Å². The van der Waals surface area contributed by atoms with Gasteiger partial charge in [-0.1, -0.05) is 50.2 Å². The molecule has 3 nitrogen and oxygen atoms in total. The van der Waals surface area contributed by atoms with Gasteiger partial charge < -0.3 is 0 Å². The van der Waals surface area contributed by atoms with Gasteiger partial charge in [-0.25, -0.2) is 0 Å². The molecule has 0 aliphatic carbocycles. The Kier molecular flexibility index (Phi) is 5.22. The smallest absolute Gasteiger partial charge is 0.245 e. The Balaban J connectivity index is 0.00000176. The summed E-state index contributed by atoms with van der Waals surface area (Å²) in [6.45, 7) is 6.40. The fourth-order valence-electron chi connectivity index (χ4n) is 2.90. The summed E-state index contributed by atoms with van der Waals surface area (Å²) < 4.78 is 1.86. The number of benzene rings is 2. The molecule has 3 aromatic rings. The monoisotopic (exact) mass is 316 g/mol. The molecule has 0 N–H and O–H groups in total. The number of para-hydroxylation sites is 2. The lowest BCUT2D eigenvalue weighted by atomic mass is 10.2. The van der Waals surface area contributed by atoms with Crippen molar-refractivity contribution in [3.05, 3.63) is 48.5 Å². The molecule has 2 aromatic carbocycles. The normalized spacial score (nSPS) is 11.0. The second kappa shape index (κ2) is 6.95. The van der Waals surface area contributed by atoms with Crippen molar-refractivity contribution in [1.82, 2.24) is 9.47 Å². The van der Waals surface area contributed by atoms with E-state index >= 15 is 0 Å². The number of aromatic nitrogens is 1. The summed E-state index contributed by atoms with van der Waals surface area (Å²) in [5, 5.41) is 2.28. The lowest BCUT2D eigenvalue weighted by Gasteiger charge is -2.17. The van der Waals surface area contributed by atoms with E-state index in [1.807, 2.05) is 41.0 Å². The van der Waals surface area contributed by atoms with E-state index in [0.29, 0.717) is 6.54 Å². The predicted molar refractivity (Wildman–Crippen MR) is 95.1 cm³/mol. The highest BCUT2D eigenvalue weighted by atomic mass is 35.5. The van der Waals surface area contributed by atoms with Gasteiger partial charge in [-0.05, 0) is 25.2 Å². The van der Waals surface area contributed by atoms with E-state index in [9.17, 15) is 4.79 Å². The Hall–Kier alpha value is -1.84. The summed E-state index contributed by atoms with van der Waals surface area (Å²) in [5.41, 5.74) is 1.99. The van der Waals surface area contributed by atoms with Crippen LogP contribution in [0.5, 0.6) is 0 Å². The number of halogens is 1. The number of carbonyl (C=O) groups is 1. The molecule has 22 heavy (non-hydrogen) atoms. The summed E-state index contributed by atoms with van der Waals surface area (Å²) in [4.78, 5) is 14.9. The van der Waals surface area contributed by atoms with Crippen molar-refractivity contribution in [2.24, 2.45) is 0 Å². The van der Waals surface area contributed by atoms with Crippen LogP contribution in [-0.2, 0) is 0 Å². The molecule has 1 heterocycles. The zero-order valence-corrected chi connectivity index (χ0v) is 13.8. The zero-order chi connectivity index (χ0) is 14.8. The van der Waals surface area contributed by atoms with Crippen LogP contribution in [0.4, 0.5) is 0 Å². The minimum atomic E-state index is 0. The topological polar surface area (TPSA) is 25.2 Å². The van der Waals surface area contributed by atoms with E-state index in [1.165, 1.54) is 0 Å². The Bertz CT molecular complexity index is 737. The first-order valence-electron chi connectivity index (χ1n) is 7.50. The molecular weight excluding hydrogens is 296 g/mol. The molecular formula is C18H21ClN2O. The van der Waals surface area contributed by atoms with Crippen LogP contribution >= 0.6 is 12.4 Å². The van der Waals surface area contributed by atoms with Gasteiger partial charge in [0.05, 0.1) is 17.6 Å².